The monoisotopic (exact) mass is 180 g/mol. The van der Waals surface area contributed by atoms with E-state index in [1.807, 2.05) is 0 Å². The van der Waals surface area contributed by atoms with Crippen LogP contribution in [0, 0.1) is 0 Å². The van der Waals surface area contributed by atoms with Crippen LogP contribution in [0.3, 0.4) is 0 Å². The van der Waals surface area contributed by atoms with Gasteiger partial charge in [0, 0.05) is 5.57 Å². The molecule has 0 bridgehead atoms. The molecular formula is C5H9O5P. The van der Waals surface area contributed by atoms with Crippen molar-refractivity contribution in [1.29, 1.82) is 0 Å². The highest BCUT2D eigenvalue weighted by Gasteiger charge is 2.16. The molecule has 0 atom stereocenters. The third-order valence-corrected chi connectivity index (χ3v) is 1.18. The van der Waals surface area contributed by atoms with Crippen LogP contribution in [0.15, 0.2) is 12.2 Å². The number of carbonyl (C=O) groups is 1. The van der Waals surface area contributed by atoms with E-state index < -0.39 is 19.9 Å². The van der Waals surface area contributed by atoms with Gasteiger partial charge in [-0.15, -0.1) is 0 Å². The first kappa shape index (κ1) is 10.4. The highest BCUT2D eigenvalue weighted by molar-refractivity contribution is 7.51. The summed E-state index contributed by atoms with van der Waals surface area (Å²) >= 11 is 0. The Morgan fingerprint density at radius 3 is 2.36 bits per heavy atom. The zero-order chi connectivity index (χ0) is 9.07. The van der Waals surface area contributed by atoms with Gasteiger partial charge in [-0.2, -0.15) is 0 Å². The van der Waals surface area contributed by atoms with Crippen LogP contribution in [0.5, 0.6) is 0 Å². The molecule has 0 aromatic heterocycles. The van der Waals surface area contributed by atoms with E-state index in [-0.39, 0.29) is 5.57 Å². The lowest BCUT2D eigenvalue weighted by Crippen LogP contribution is -2.06. The molecule has 0 aromatic rings. The summed E-state index contributed by atoms with van der Waals surface area (Å²) in [6, 6.07) is 0. The molecule has 0 aliphatic carbocycles. The fourth-order valence-electron chi connectivity index (χ4n) is 0.266. The Bertz CT molecular complexity index is 215. The Kier molecular flexibility index (Phi) is 3.45. The number of carbonyl (C=O) groups excluding carboxylic acids is 1. The standard InChI is InChI=1S/C5H9O5P/c1-4(2)5(6)10-3-11(7,8)9/h1,3H2,2H3,(H2,7,8,9). The minimum Gasteiger partial charge on any atom is -0.449 e. The molecule has 0 aromatic carbocycles. The molecule has 0 unspecified atom stereocenters. The van der Waals surface area contributed by atoms with Gasteiger partial charge in [0.05, 0.1) is 0 Å². The highest BCUT2D eigenvalue weighted by atomic mass is 31.2. The molecule has 6 heteroatoms. The van der Waals surface area contributed by atoms with Gasteiger partial charge in [0.25, 0.3) is 0 Å². The van der Waals surface area contributed by atoms with E-state index in [0.717, 1.165) is 0 Å². The molecule has 0 saturated carbocycles. The molecule has 64 valence electrons. The topological polar surface area (TPSA) is 83.8 Å². The number of ether oxygens (including phenoxy) is 1. The fraction of sp³-hybridized carbons (Fsp3) is 0.400. The Hall–Kier alpha value is -0.640. The van der Waals surface area contributed by atoms with Gasteiger partial charge in [-0.3, -0.25) is 4.57 Å². The Morgan fingerprint density at radius 1 is 1.64 bits per heavy atom. The van der Waals surface area contributed by atoms with Gasteiger partial charge in [0.2, 0.25) is 0 Å². The van der Waals surface area contributed by atoms with E-state index in [1.54, 1.807) is 0 Å². The molecule has 5 nitrogen and oxygen atoms in total. The maximum atomic E-state index is 10.5. The van der Waals surface area contributed by atoms with Gasteiger partial charge < -0.3 is 14.5 Å². The molecule has 0 amide bonds. The van der Waals surface area contributed by atoms with Crippen LogP contribution >= 0.6 is 7.60 Å². The van der Waals surface area contributed by atoms with Crippen LogP contribution in [-0.4, -0.2) is 22.1 Å². The van der Waals surface area contributed by atoms with E-state index in [4.69, 9.17) is 9.79 Å². The van der Waals surface area contributed by atoms with Crippen LogP contribution < -0.4 is 0 Å². The van der Waals surface area contributed by atoms with Crippen molar-refractivity contribution in [2.24, 2.45) is 0 Å². The van der Waals surface area contributed by atoms with Gasteiger partial charge in [0.1, 0.15) is 0 Å². The second-order valence-electron chi connectivity index (χ2n) is 2.01. The molecule has 0 rings (SSSR count). The van der Waals surface area contributed by atoms with Crippen molar-refractivity contribution in [1.82, 2.24) is 0 Å². The summed E-state index contributed by atoms with van der Waals surface area (Å²) in [5, 5.41) is 0. The minimum absolute atomic E-state index is 0.110. The Labute approximate surface area is 63.8 Å². The third kappa shape index (κ3) is 5.79. The normalized spacial score (nSPS) is 10.8. The summed E-state index contributed by atoms with van der Waals surface area (Å²) in [4.78, 5) is 27.0. The van der Waals surface area contributed by atoms with Crippen molar-refractivity contribution in [2.45, 2.75) is 6.92 Å². The SMILES string of the molecule is C=C(C)C(=O)OCP(=O)(O)O. The van der Waals surface area contributed by atoms with Crippen molar-refractivity contribution >= 4 is 13.6 Å². The first-order chi connectivity index (χ1) is 4.83. The van der Waals surface area contributed by atoms with Crippen LogP contribution in [0.2, 0.25) is 0 Å². The third-order valence-electron chi connectivity index (χ3n) is 0.712. The largest absolute Gasteiger partial charge is 0.449 e. The second kappa shape index (κ2) is 3.67. The number of hydrogen-bond acceptors (Lipinski definition) is 3. The van der Waals surface area contributed by atoms with Crippen LogP contribution in [0.4, 0.5) is 0 Å². The van der Waals surface area contributed by atoms with E-state index in [9.17, 15) is 9.36 Å². The lowest BCUT2D eigenvalue weighted by Gasteiger charge is -2.04. The molecule has 0 spiro atoms. The maximum Gasteiger partial charge on any atom is 0.362 e. The summed E-state index contributed by atoms with van der Waals surface area (Å²) in [7, 11) is -4.24. The predicted molar refractivity (Wildman–Crippen MR) is 37.8 cm³/mol. The average Bonchev–Trinajstić information content (AvgIpc) is 1.80. The fourth-order valence-corrected chi connectivity index (χ4v) is 0.551. The smallest absolute Gasteiger partial charge is 0.362 e. The Morgan fingerprint density at radius 2 is 2.09 bits per heavy atom. The predicted octanol–water partition coefficient (Wildman–Crippen LogP) is 0.241. The van der Waals surface area contributed by atoms with Crippen molar-refractivity contribution in [3.05, 3.63) is 12.2 Å². The second-order valence-corrected chi connectivity index (χ2v) is 3.59. The molecule has 11 heavy (non-hydrogen) atoms. The van der Waals surface area contributed by atoms with Crippen LogP contribution in [0.1, 0.15) is 6.92 Å². The number of esters is 1. The van der Waals surface area contributed by atoms with Crippen molar-refractivity contribution in [3.63, 3.8) is 0 Å². The summed E-state index contributed by atoms with van der Waals surface area (Å²) < 4.78 is 14.3. The molecule has 0 radical (unpaired) electrons. The quantitative estimate of drug-likeness (QED) is 0.369. The molecule has 0 aliphatic rings. The maximum absolute atomic E-state index is 10.5. The van der Waals surface area contributed by atoms with Gasteiger partial charge in [-0.1, -0.05) is 6.58 Å². The van der Waals surface area contributed by atoms with E-state index in [2.05, 4.69) is 11.3 Å². The molecule has 0 heterocycles. The molecule has 0 saturated heterocycles. The van der Waals surface area contributed by atoms with Gasteiger partial charge in [-0.25, -0.2) is 4.79 Å². The first-order valence-corrected chi connectivity index (χ1v) is 4.50. The summed E-state index contributed by atoms with van der Waals surface area (Å²) in [5.74, 6) is -0.798. The van der Waals surface area contributed by atoms with Crippen LogP contribution in [-0.2, 0) is 14.1 Å². The van der Waals surface area contributed by atoms with Gasteiger partial charge in [0.15, 0.2) is 6.35 Å². The Balaban J connectivity index is 3.82. The summed E-state index contributed by atoms with van der Waals surface area (Å²) in [6.45, 7) is 4.62. The van der Waals surface area contributed by atoms with Crippen molar-refractivity contribution < 1.29 is 23.9 Å². The zero-order valence-electron chi connectivity index (χ0n) is 5.98. The van der Waals surface area contributed by atoms with Crippen LogP contribution in [0.25, 0.3) is 0 Å². The average molecular weight is 180 g/mol. The van der Waals surface area contributed by atoms with Gasteiger partial charge >= 0.3 is 13.6 Å². The van der Waals surface area contributed by atoms with Gasteiger partial charge in [-0.05, 0) is 6.92 Å². The summed E-state index contributed by atoms with van der Waals surface area (Å²) in [5.41, 5.74) is 0.110. The lowest BCUT2D eigenvalue weighted by atomic mass is 10.4. The first-order valence-electron chi connectivity index (χ1n) is 2.70. The molecule has 0 fully saturated rings. The van der Waals surface area contributed by atoms with Crippen molar-refractivity contribution in [2.75, 3.05) is 6.35 Å². The van der Waals surface area contributed by atoms with E-state index >= 15 is 0 Å². The molecular weight excluding hydrogens is 171 g/mol. The van der Waals surface area contributed by atoms with Crippen molar-refractivity contribution in [3.8, 4) is 0 Å². The minimum atomic E-state index is -4.24. The number of rotatable bonds is 3. The zero-order valence-corrected chi connectivity index (χ0v) is 6.88. The molecule has 2 N–H and O–H groups in total. The van der Waals surface area contributed by atoms with E-state index in [1.165, 1.54) is 6.92 Å². The molecule has 0 aliphatic heterocycles. The number of hydrogen-bond donors (Lipinski definition) is 2. The highest BCUT2D eigenvalue weighted by Crippen LogP contribution is 2.33. The summed E-state index contributed by atoms with van der Waals surface area (Å²) in [6.07, 6.45) is -0.890. The van der Waals surface area contributed by atoms with E-state index in [0.29, 0.717) is 0 Å². The lowest BCUT2D eigenvalue weighted by molar-refractivity contribution is -0.137.